The summed E-state index contributed by atoms with van der Waals surface area (Å²) in [5.74, 6) is -8.13. The van der Waals surface area contributed by atoms with E-state index in [2.05, 4.69) is 27.9 Å². The number of hydrazine groups is 1. The molecular formula is C34H37N8O13S2+. The van der Waals surface area contributed by atoms with E-state index in [0.29, 0.717) is 36.0 Å². The Hall–Kier alpha value is -5.78. The van der Waals surface area contributed by atoms with E-state index < -0.39 is 82.7 Å². The molecule has 5 aliphatic heterocycles. The molecule has 7 rings (SSSR count). The van der Waals surface area contributed by atoms with E-state index in [4.69, 9.17) is 15.7 Å². The first-order valence-electron chi connectivity index (χ1n) is 17.6. The number of oxime groups is 1. The lowest BCUT2D eigenvalue weighted by atomic mass is 9.88. The van der Waals surface area contributed by atoms with Gasteiger partial charge in [0.25, 0.3) is 23.6 Å². The maximum absolute atomic E-state index is 13.6. The normalized spacial score (nSPS) is 27.1. The van der Waals surface area contributed by atoms with Gasteiger partial charge in [-0.25, -0.2) is 25.0 Å². The summed E-state index contributed by atoms with van der Waals surface area (Å²) < 4.78 is 0.539. The molecule has 0 spiro atoms. The highest BCUT2D eigenvalue weighted by atomic mass is 32.2. The van der Waals surface area contributed by atoms with Crippen LogP contribution in [0.3, 0.4) is 0 Å². The maximum atomic E-state index is 13.6. The number of quaternary nitrogens is 1. The molecule has 3 fully saturated rings. The first kappa shape index (κ1) is 39.5. The smallest absolute Gasteiger partial charge is 0.352 e. The first-order valence-corrected chi connectivity index (χ1v) is 19.5. The number of carbonyl (C=O) groups excluding carboxylic acids is 4. The van der Waals surface area contributed by atoms with Crippen molar-refractivity contribution >= 4 is 75.5 Å². The zero-order valence-corrected chi connectivity index (χ0v) is 31.6. The van der Waals surface area contributed by atoms with Gasteiger partial charge in [-0.05, 0) is 18.1 Å². The number of rotatable bonds is 14. The van der Waals surface area contributed by atoms with E-state index in [1.54, 1.807) is 0 Å². The van der Waals surface area contributed by atoms with Gasteiger partial charge < -0.3 is 45.9 Å². The zero-order chi connectivity index (χ0) is 41.1. The Morgan fingerprint density at radius 1 is 1.05 bits per heavy atom. The minimum absolute atomic E-state index is 0.0182. The number of thiazole rings is 1. The van der Waals surface area contributed by atoms with E-state index in [1.165, 1.54) is 17.1 Å². The van der Waals surface area contributed by atoms with Gasteiger partial charge in [0.2, 0.25) is 6.10 Å². The van der Waals surface area contributed by atoms with Crippen molar-refractivity contribution in [2.24, 2.45) is 11.1 Å². The molecule has 21 nitrogen and oxygen atoms in total. The Labute approximate surface area is 330 Å². The second kappa shape index (κ2) is 14.9. The number of aliphatic carboxylic acids is 3. The van der Waals surface area contributed by atoms with Gasteiger partial charge in [0.15, 0.2) is 22.3 Å². The summed E-state index contributed by atoms with van der Waals surface area (Å²) in [6.45, 7) is 0.660. The molecule has 3 saturated heterocycles. The molecule has 23 heteroatoms. The molecule has 302 valence electrons. The van der Waals surface area contributed by atoms with E-state index in [-0.39, 0.29) is 51.4 Å². The Morgan fingerprint density at radius 2 is 1.68 bits per heavy atom. The van der Waals surface area contributed by atoms with Crippen molar-refractivity contribution in [2.75, 3.05) is 31.6 Å². The summed E-state index contributed by atoms with van der Waals surface area (Å²) in [5.41, 5.74) is 8.31. The third-order valence-corrected chi connectivity index (χ3v) is 13.2. The van der Waals surface area contributed by atoms with Crippen molar-refractivity contribution in [1.82, 2.24) is 25.6 Å². The van der Waals surface area contributed by atoms with Crippen LogP contribution in [0.15, 0.2) is 33.9 Å². The monoisotopic (exact) mass is 829 g/mol. The molecule has 0 radical (unpaired) electrons. The minimum atomic E-state index is -1.95. The van der Waals surface area contributed by atoms with Crippen LogP contribution in [0.1, 0.15) is 58.5 Å². The lowest BCUT2D eigenvalue weighted by molar-refractivity contribution is -0.945. The van der Waals surface area contributed by atoms with Gasteiger partial charge in [-0.15, -0.1) is 23.1 Å². The van der Waals surface area contributed by atoms with Gasteiger partial charge in [0.1, 0.15) is 29.4 Å². The van der Waals surface area contributed by atoms with E-state index in [1.807, 2.05) is 0 Å². The predicted molar refractivity (Wildman–Crippen MR) is 196 cm³/mol. The fraction of sp³-hybridized carbons (Fsp3) is 0.441. The number of nitrogens with one attached hydrogen (secondary N) is 2. The standard InChI is InChI=1S/C34H36N8O13S2/c1-42(15-2-3-16(42)5-13(4-15)9-36-41-28(48)17-6-20(43)21(44)7-18(17)29(41)49)10-14-11-56-31-25(30(50)40(31)26(14)33(53)54)38-27(47)24(19-12-57-34(35)37-19)39-55-22(32(51)52)8-23(45)46/h6-7,12-13,15-16,22,25,31,36H,2-5,8-11H2,1H3,(H7-,35,37,38,39,43,44,45,46,47,48,49,51,52,53,54)/p+1/t13?,15-,16+,22-,25+,31+,42?/m0/s1. The highest BCUT2D eigenvalue weighted by Crippen LogP contribution is 2.47. The third-order valence-electron chi connectivity index (χ3n) is 11.2. The van der Waals surface area contributed by atoms with Crippen LogP contribution in [0.25, 0.3) is 0 Å². The SMILES string of the molecule is C[N+]1(CC2=C(C(=O)O)N3C(=O)[C@@H](NC(=O)/C(=N\O[C@@H](CC(=O)O)C(=O)O)c4csc(N)n4)[C@H]3SC2)[C@@H]2CC[C@H]1CC(CNN1C(=O)c3cc(O)c(O)cc3C1=O)C2. The number of anilines is 1. The summed E-state index contributed by atoms with van der Waals surface area (Å²) in [4.78, 5) is 98.3. The number of carbonyl (C=O) groups is 7. The van der Waals surface area contributed by atoms with Crippen LogP contribution >= 0.6 is 23.1 Å². The van der Waals surface area contributed by atoms with Crippen LogP contribution in [-0.2, 0) is 28.8 Å². The summed E-state index contributed by atoms with van der Waals surface area (Å²) >= 11 is 2.20. The van der Waals surface area contributed by atoms with Gasteiger partial charge in [-0.1, -0.05) is 5.16 Å². The number of hydrogen-bond donors (Lipinski definition) is 8. The molecular weight excluding hydrogens is 793 g/mol. The summed E-state index contributed by atoms with van der Waals surface area (Å²) in [6, 6.07) is 1.15. The number of likely N-dealkylation sites (N-methyl/N-ethyl adjacent to an activating group) is 1. The number of phenolic OH excluding ortho intramolecular Hbond substituents is 2. The zero-order valence-electron chi connectivity index (χ0n) is 30.0. The van der Waals surface area contributed by atoms with Crippen molar-refractivity contribution in [2.45, 2.75) is 61.7 Å². The molecule has 2 aromatic rings. The molecule has 5 aliphatic rings. The number of aromatic hydroxyl groups is 2. The van der Waals surface area contributed by atoms with Gasteiger partial charge >= 0.3 is 17.9 Å². The number of carboxylic acid groups (broad SMARTS) is 3. The lowest BCUT2D eigenvalue weighted by Crippen LogP contribution is -2.71. The number of phenols is 2. The number of benzene rings is 1. The molecule has 1 aromatic heterocycles. The number of fused-ring (bicyclic) bond motifs is 4. The van der Waals surface area contributed by atoms with Crippen LogP contribution in [0.2, 0.25) is 0 Å². The average molecular weight is 830 g/mol. The lowest BCUT2D eigenvalue weighted by Gasteiger charge is -2.52. The third kappa shape index (κ3) is 7.10. The molecule has 57 heavy (non-hydrogen) atoms. The van der Waals surface area contributed by atoms with Crippen molar-refractivity contribution in [3.8, 4) is 11.5 Å². The number of imide groups is 1. The molecule has 1 aromatic carbocycles. The Bertz CT molecular complexity index is 2120. The second-order valence-corrected chi connectivity index (χ2v) is 16.6. The van der Waals surface area contributed by atoms with Crippen molar-refractivity contribution in [3.63, 3.8) is 0 Å². The number of nitrogens with zero attached hydrogens (tertiary/aromatic N) is 5. The molecule has 4 amide bonds. The van der Waals surface area contributed by atoms with Crippen LogP contribution in [0, 0.1) is 5.92 Å². The van der Waals surface area contributed by atoms with E-state index >= 15 is 0 Å². The Morgan fingerprint density at radius 3 is 2.23 bits per heavy atom. The average Bonchev–Trinajstić information content (AvgIpc) is 3.70. The van der Waals surface area contributed by atoms with Crippen LogP contribution < -0.4 is 16.5 Å². The predicted octanol–water partition coefficient (Wildman–Crippen LogP) is -0.288. The van der Waals surface area contributed by atoms with Gasteiger partial charge in [0, 0.05) is 48.9 Å². The van der Waals surface area contributed by atoms with Crippen LogP contribution in [0.4, 0.5) is 5.13 Å². The topological polar surface area (TPSA) is 312 Å². The number of thioether (sulfide) groups is 1. The number of carboxylic acids is 3. The van der Waals surface area contributed by atoms with Crippen molar-refractivity contribution < 1.29 is 68.4 Å². The number of aromatic nitrogens is 1. The fourth-order valence-corrected chi connectivity index (χ4v) is 10.3. The number of β-lactam (4-membered cyclic amide) rings is 1. The van der Waals surface area contributed by atoms with Crippen LogP contribution in [-0.4, -0.2) is 148 Å². The van der Waals surface area contributed by atoms with Crippen molar-refractivity contribution in [3.05, 3.63) is 45.6 Å². The van der Waals surface area contributed by atoms with E-state index in [9.17, 15) is 54.0 Å². The Kier molecular flexibility index (Phi) is 10.3. The summed E-state index contributed by atoms with van der Waals surface area (Å²) in [5, 5.41) is 56.0. The number of nitrogen functional groups attached to an aromatic ring is 1. The molecule has 0 aliphatic carbocycles. The molecule has 2 unspecified atom stereocenters. The Balaban J connectivity index is 1.02. The molecule has 7 atom stereocenters. The molecule has 0 saturated carbocycles. The molecule has 9 N–H and O–H groups in total. The number of amides is 4. The quantitative estimate of drug-likeness (QED) is 0.0303. The molecule has 2 bridgehead atoms. The largest absolute Gasteiger partial charge is 0.504 e. The maximum Gasteiger partial charge on any atom is 0.352 e. The number of piperidine rings is 1. The van der Waals surface area contributed by atoms with Gasteiger partial charge in [0.05, 0.1) is 36.7 Å². The minimum Gasteiger partial charge on any atom is -0.504 e. The van der Waals surface area contributed by atoms with Crippen LogP contribution in [0.5, 0.6) is 11.5 Å². The first-order chi connectivity index (χ1) is 27.0. The highest BCUT2D eigenvalue weighted by molar-refractivity contribution is 8.00. The van der Waals surface area contributed by atoms with E-state index in [0.717, 1.165) is 46.2 Å². The van der Waals surface area contributed by atoms with Gasteiger partial charge in [-0.3, -0.25) is 28.9 Å². The number of hydrogen-bond acceptors (Lipinski definition) is 16. The highest BCUT2D eigenvalue weighted by Gasteiger charge is 2.57. The fourth-order valence-electron chi connectivity index (χ4n) is 8.38. The summed E-state index contributed by atoms with van der Waals surface area (Å²) in [7, 11) is 2.07. The van der Waals surface area contributed by atoms with Gasteiger partial charge in [-0.2, -0.15) is 0 Å². The summed E-state index contributed by atoms with van der Waals surface area (Å²) in [6.07, 6.45) is 0.257. The number of nitrogens with two attached hydrogens (primary N) is 1. The van der Waals surface area contributed by atoms with Crippen molar-refractivity contribution in [1.29, 1.82) is 0 Å². The second-order valence-electron chi connectivity index (χ2n) is 14.6. The molecule has 6 heterocycles.